The SMILES string of the molecule is O=C(N[C@@H]1CCCN(CC2CC2)C1)[C@@H]1CCCN1. The molecule has 4 heteroatoms. The number of nitrogens with zero attached hydrogens (tertiary/aromatic N) is 1. The third kappa shape index (κ3) is 3.23. The average molecular weight is 251 g/mol. The lowest BCUT2D eigenvalue weighted by Gasteiger charge is -2.33. The van der Waals surface area contributed by atoms with Gasteiger partial charge in [-0.3, -0.25) is 4.79 Å². The lowest BCUT2D eigenvalue weighted by atomic mass is 10.0. The zero-order valence-corrected chi connectivity index (χ0v) is 11.2. The van der Waals surface area contributed by atoms with Crippen molar-refractivity contribution >= 4 is 5.91 Å². The van der Waals surface area contributed by atoms with Crippen LogP contribution in [0.5, 0.6) is 0 Å². The summed E-state index contributed by atoms with van der Waals surface area (Å²) in [6.45, 7) is 4.55. The summed E-state index contributed by atoms with van der Waals surface area (Å²) >= 11 is 0. The topological polar surface area (TPSA) is 44.4 Å². The molecule has 18 heavy (non-hydrogen) atoms. The van der Waals surface area contributed by atoms with Crippen LogP contribution in [0.2, 0.25) is 0 Å². The number of hydrogen-bond donors (Lipinski definition) is 2. The highest BCUT2D eigenvalue weighted by atomic mass is 16.2. The van der Waals surface area contributed by atoms with Gasteiger partial charge in [0.15, 0.2) is 0 Å². The molecule has 3 rings (SSSR count). The van der Waals surface area contributed by atoms with Gasteiger partial charge in [-0.05, 0) is 57.5 Å². The highest BCUT2D eigenvalue weighted by Gasteiger charge is 2.29. The summed E-state index contributed by atoms with van der Waals surface area (Å²) in [7, 11) is 0. The molecule has 0 bridgehead atoms. The van der Waals surface area contributed by atoms with Crippen molar-refractivity contribution in [2.24, 2.45) is 5.92 Å². The first-order valence-corrected chi connectivity index (χ1v) is 7.57. The second kappa shape index (κ2) is 5.57. The molecule has 0 radical (unpaired) electrons. The summed E-state index contributed by atoms with van der Waals surface area (Å²) in [4.78, 5) is 14.6. The van der Waals surface area contributed by atoms with E-state index in [1.807, 2.05) is 0 Å². The molecular weight excluding hydrogens is 226 g/mol. The fourth-order valence-electron chi connectivity index (χ4n) is 3.21. The molecule has 1 amide bonds. The summed E-state index contributed by atoms with van der Waals surface area (Å²) < 4.78 is 0. The van der Waals surface area contributed by atoms with Gasteiger partial charge in [0, 0.05) is 19.1 Å². The highest BCUT2D eigenvalue weighted by molar-refractivity contribution is 5.82. The van der Waals surface area contributed by atoms with Gasteiger partial charge in [0.25, 0.3) is 0 Å². The van der Waals surface area contributed by atoms with Crippen molar-refractivity contribution in [2.45, 2.75) is 50.6 Å². The monoisotopic (exact) mass is 251 g/mol. The van der Waals surface area contributed by atoms with Gasteiger partial charge in [-0.15, -0.1) is 0 Å². The summed E-state index contributed by atoms with van der Waals surface area (Å²) in [5, 5.41) is 6.52. The first kappa shape index (κ1) is 12.4. The third-order valence-corrected chi connectivity index (χ3v) is 4.44. The molecule has 2 atom stereocenters. The molecule has 102 valence electrons. The van der Waals surface area contributed by atoms with E-state index >= 15 is 0 Å². The molecule has 2 heterocycles. The molecule has 0 aromatic carbocycles. The molecule has 4 nitrogen and oxygen atoms in total. The number of carbonyl (C=O) groups is 1. The van der Waals surface area contributed by atoms with Gasteiger partial charge < -0.3 is 15.5 Å². The Balaban J connectivity index is 1.44. The third-order valence-electron chi connectivity index (χ3n) is 4.44. The van der Waals surface area contributed by atoms with E-state index in [9.17, 15) is 4.79 Å². The summed E-state index contributed by atoms with van der Waals surface area (Å²) in [5.41, 5.74) is 0. The fraction of sp³-hybridized carbons (Fsp3) is 0.929. The zero-order valence-electron chi connectivity index (χ0n) is 11.2. The molecule has 1 saturated carbocycles. The van der Waals surface area contributed by atoms with Gasteiger partial charge in [-0.1, -0.05) is 0 Å². The van der Waals surface area contributed by atoms with Crippen LogP contribution >= 0.6 is 0 Å². The zero-order chi connectivity index (χ0) is 12.4. The molecule has 0 unspecified atom stereocenters. The van der Waals surface area contributed by atoms with Crippen LogP contribution in [0.3, 0.4) is 0 Å². The number of likely N-dealkylation sites (tertiary alicyclic amines) is 1. The minimum atomic E-state index is 0.0730. The Morgan fingerprint density at radius 2 is 2.11 bits per heavy atom. The van der Waals surface area contributed by atoms with Crippen molar-refractivity contribution in [3.05, 3.63) is 0 Å². The van der Waals surface area contributed by atoms with E-state index < -0.39 is 0 Å². The Morgan fingerprint density at radius 3 is 2.83 bits per heavy atom. The van der Waals surface area contributed by atoms with Crippen molar-refractivity contribution in [1.29, 1.82) is 0 Å². The van der Waals surface area contributed by atoms with Crippen molar-refractivity contribution in [1.82, 2.24) is 15.5 Å². The second-order valence-electron chi connectivity index (χ2n) is 6.20. The minimum Gasteiger partial charge on any atom is -0.351 e. The first-order chi connectivity index (χ1) is 8.81. The van der Waals surface area contributed by atoms with Crippen LogP contribution in [0, 0.1) is 5.92 Å². The average Bonchev–Trinajstić information content (AvgIpc) is 3.00. The standard InChI is InChI=1S/C14H25N3O/c18-14(13-4-1-7-15-13)16-12-3-2-8-17(10-12)9-11-5-6-11/h11-13,15H,1-10H2,(H,16,18)/t12-,13+/m1/s1. The van der Waals surface area contributed by atoms with Gasteiger partial charge >= 0.3 is 0 Å². The van der Waals surface area contributed by atoms with Gasteiger partial charge in [-0.25, -0.2) is 0 Å². The van der Waals surface area contributed by atoms with Crippen LogP contribution in [-0.2, 0) is 4.79 Å². The summed E-state index contributed by atoms with van der Waals surface area (Å²) in [5.74, 6) is 1.18. The maximum absolute atomic E-state index is 12.1. The van der Waals surface area contributed by atoms with Crippen LogP contribution < -0.4 is 10.6 Å². The second-order valence-corrected chi connectivity index (χ2v) is 6.20. The predicted molar refractivity (Wildman–Crippen MR) is 71.4 cm³/mol. The Bertz CT molecular complexity index is 297. The number of piperidine rings is 1. The van der Waals surface area contributed by atoms with E-state index in [1.165, 1.54) is 32.4 Å². The van der Waals surface area contributed by atoms with Gasteiger partial charge in [0.05, 0.1) is 6.04 Å². The molecule has 3 aliphatic rings. The molecule has 0 aromatic heterocycles. The number of hydrogen-bond acceptors (Lipinski definition) is 3. The van der Waals surface area contributed by atoms with Crippen LogP contribution in [0.4, 0.5) is 0 Å². The molecule has 2 saturated heterocycles. The number of rotatable bonds is 4. The van der Waals surface area contributed by atoms with E-state index in [0.717, 1.165) is 38.3 Å². The number of amides is 1. The Morgan fingerprint density at radius 1 is 1.22 bits per heavy atom. The van der Waals surface area contributed by atoms with Crippen molar-refractivity contribution in [2.75, 3.05) is 26.2 Å². The molecule has 0 spiro atoms. The number of carbonyl (C=O) groups excluding carboxylic acids is 1. The van der Waals surface area contributed by atoms with Crippen molar-refractivity contribution < 1.29 is 4.79 Å². The van der Waals surface area contributed by atoms with E-state index in [0.29, 0.717) is 6.04 Å². The van der Waals surface area contributed by atoms with Crippen LogP contribution in [0.25, 0.3) is 0 Å². The molecule has 2 N–H and O–H groups in total. The van der Waals surface area contributed by atoms with Gasteiger partial charge in [-0.2, -0.15) is 0 Å². The lowest BCUT2D eigenvalue weighted by Crippen LogP contribution is -2.52. The van der Waals surface area contributed by atoms with E-state index in [4.69, 9.17) is 0 Å². The predicted octanol–water partition coefficient (Wildman–Crippen LogP) is 0.729. The Kier molecular flexibility index (Phi) is 3.85. The van der Waals surface area contributed by atoms with Crippen molar-refractivity contribution in [3.63, 3.8) is 0 Å². The highest BCUT2D eigenvalue weighted by Crippen LogP contribution is 2.30. The minimum absolute atomic E-state index is 0.0730. The summed E-state index contributed by atoms with van der Waals surface area (Å²) in [6, 6.07) is 0.455. The first-order valence-electron chi connectivity index (χ1n) is 7.57. The maximum Gasteiger partial charge on any atom is 0.237 e. The molecular formula is C14H25N3O. The maximum atomic E-state index is 12.1. The van der Waals surface area contributed by atoms with Gasteiger partial charge in [0.1, 0.15) is 0 Å². The normalized spacial score (nSPS) is 33.6. The molecule has 3 fully saturated rings. The van der Waals surface area contributed by atoms with Crippen LogP contribution in [0.15, 0.2) is 0 Å². The fourth-order valence-corrected chi connectivity index (χ4v) is 3.21. The molecule has 2 aliphatic heterocycles. The van der Waals surface area contributed by atoms with Crippen molar-refractivity contribution in [3.8, 4) is 0 Å². The largest absolute Gasteiger partial charge is 0.351 e. The number of nitrogens with one attached hydrogen (secondary N) is 2. The Labute approximate surface area is 109 Å². The Hall–Kier alpha value is -0.610. The van der Waals surface area contributed by atoms with Crippen LogP contribution in [-0.4, -0.2) is 49.1 Å². The quantitative estimate of drug-likeness (QED) is 0.774. The molecule has 1 aliphatic carbocycles. The smallest absolute Gasteiger partial charge is 0.237 e. The van der Waals surface area contributed by atoms with E-state index in [2.05, 4.69) is 15.5 Å². The lowest BCUT2D eigenvalue weighted by molar-refractivity contribution is -0.123. The van der Waals surface area contributed by atoms with E-state index in [-0.39, 0.29) is 11.9 Å². The van der Waals surface area contributed by atoms with Gasteiger partial charge in [0.2, 0.25) is 5.91 Å². The summed E-state index contributed by atoms with van der Waals surface area (Å²) in [6.07, 6.45) is 7.36. The molecule has 0 aromatic rings. The van der Waals surface area contributed by atoms with Crippen LogP contribution in [0.1, 0.15) is 38.5 Å². The van der Waals surface area contributed by atoms with E-state index in [1.54, 1.807) is 0 Å².